The van der Waals surface area contributed by atoms with Crippen molar-refractivity contribution in [2.24, 2.45) is 0 Å². The summed E-state index contributed by atoms with van der Waals surface area (Å²) < 4.78 is 1.32. The largest absolute Gasteiger partial charge is 0.354 e. The fraction of sp³-hybridized carbons (Fsp3) is 0.176. The Morgan fingerprint density at radius 1 is 1.09 bits per heavy atom. The summed E-state index contributed by atoms with van der Waals surface area (Å²) in [6.07, 6.45) is 3.78. The van der Waals surface area contributed by atoms with Crippen molar-refractivity contribution < 1.29 is 4.79 Å². The van der Waals surface area contributed by atoms with Crippen molar-refractivity contribution >= 4 is 16.8 Å². The van der Waals surface area contributed by atoms with Crippen molar-refractivity contribution in [2.75, 3.05) is 6.54 Å². The lowest BCUT2D eigenvalue weighted by Crippen LogP contribution is -2.33. The van der Waals surface area contributed by atoms with Gasteiger partial charge in [-0.15, -0.1) is 0 Å². The number of aromatic nitrogens is 3. The number of rotatable bonds is 5. The average Bonchev–Trinajstić information content (AvgIpc) is 2.59. The van der Waals surface area contributed by atoms with Crippen LogP contribution in [0, 0.1) is 0 Å². The van der Waals surface area contributed by atoms with Crippen LogP contribution in [0.1, 0.15) is 5.69 Å². The van der Waals surface area contributed by atoms with Crippen molar-refractivity contribution in [1.29, 1.82) is 0 Å². The van der Waals surface area contributed by atoms with Crippen molar-refractivity contribution in [3.05, 3.63) is 71.0 Å². The molecule has 0 aliphatic heterocycles. The maximum Gasteiger partial charge on any atom is 0.261 e. The van der Waals surface area contributed by atoms with Crippen LogP contribution in [-0.4, -0.2) is 27.0 Å². The van der Waals surface area contributed by atoms with E-state index in [2.05, 4.69) is 15.3 Å². The first-order valence-electron chi connectivity index (χ1n) is 7.35. The molecule has 0 bridgehead atoms. The Kier molecular flexibility index (Phi) is 4.42. The number of nitrogens with zero attached hydrogens (tertiary/aromatic N) is 3. The summed E-state index contributed by atoms with van der Waals surface area (Å²) in [7, 11) is 0. The van der Waals surface area contributed by atoms with E-state index in [4.69, 9.17) is 0 Å². The molecule has 0 aliphatic rings. The summed E-state index contributed by atoms with van der Waals surface area (Å²) in [4.78, 5) is 32.7. The Morgan fingerprint density at radius 2 is 1.91 bits per heavy atom. The highest BCUT2D eigenvalue weighted by Crippen LogP contribution is 2.04. The molecule has 0 fully saturated rings. The molecule has 0 unspecified atom stereocenters. The average molecular weight is 308 g/mol. The molecule has 116 valence electrons. The molecule has 1 aromatic carbocycles. The van der Waals surface area contributed by atoms with Crippen molar-refractivity contribution in [1.82, 2.24) is 19.9 Å². The zero-order valence-corrected chi connectivity index (χ0v) is 12.5. The van der Waals surface area contributed by atoms with Gasteiger partial charge in [0.15, 0.2) is 0 Å². The quantitative estimate of drug-likeness (QED) is 0.767. The monoisotopic (exact) mass is 308 g/mol. The Balaban J connectivity index is 1.62. The van der Waals surface area contributed by atoms with E-state index >= 15 is 0 Å². The molecular weight excluding hydrogens is 292 g/mol. The lowest BCUT2D eigenvalue weighted by Gasteiger charge is -2.07. The zero-order valence-electron chi connectivity index (χ0n) is 12.5. The molecule has 2 aromatic heterocycles. The molecule has 0 saturated carbocycles. The predicted octanol–water partition coefficient (Wildman–Crippen LogP) is 1.15. The molecule has 23 heavy (non-hydrogen) atoms. The van der Waals surface area contributed by atoms with Crippen LogP contribution in [0.2, 0.25) is 0 Å². The van der Waals surface area contributed by atoms with Crippen LogP contribution >= 0.6 is 0 Å². The van der Waals surface area contributed by atoms with E-state index in [-0.39, 0.29) is 18.0 Å². The number of amides is 1. The van der Waals surface area contributed by atoms with Crippen LogP contribution in [0.5, 0.6) is 0 Å². The van der Waals surface area contributed by atoms with Crippen LogP contribution in [0.15, 0.2) is 59.8 Å². The fourth-order valence-corrected chi connectivity index (χ4v) is 2.31. The standard InChI is InChI=1S/C17H16N4O2/c22-16(19-10-8-13-5-3-4-9-18-13)11-21-12-20-15-7-2-1-6-14(15)17(21)23/h1-7,9,12H,8,10-11H2,(H,19,22). The third kappa shape index (κ3) is 3.60. The molecule has 2 heterocycles. The minimum absolute atomic E-state index is 0.0428. The Labute approximate surface area is 132 Å². The number of carbonyl (C=O) groups is 1. The lowest BCUT2D eigenvalue weighted by molar-refractivity contribution is -0.121. The number of pyridine rings is 1. The highest BCUT2D eigenvalue weighted by Gasteiger charge is 2.07. The molecule has 0 spiro atoms. The number of benzene rings is 1. The van der Waals surface area contributed by atoms with Crippen molar-refractivity contribution in [3.63, 3.8) is 0 Å². The number of hydrogen-bond donors (Lipinski definition) is 1. The molecule has 0 radical (unpaired) electrons. The number of carbonyl (C=O) groups excluding carboxylic acids is 1. The van der Waals surface area contributed by atoms with E-state index in [1.807, 2.05) is 24.3 Å². The molecule has 1 N–H and O–H groups in total. The van der Waals surface area contributed by atoms with Crippen LogP contribution in [0.4, 0.5) is 0 Å². The summed E-state index contributed by atoms with van der Waals surface area (Å²) in [5.74, 6) is -0.222. The number of para-hydroxylation sites is 1. The summed E-state index contributed by atoms with van der Waals surface area (Å²) in [6.45, 7) is 0.435. The predicted molar refractivity (Wildman–Crippen MR) is 87.0 cm³/mol. The maximum atomic E-state index is 12.3. The molecule has 0 atom stereocenters. The van der Waals surface area contributed by atoms with Gasteiger partial charge in [-0.05, 0) is 24.3 Å². The van der Waals surface area contributed by atoms with Gasteiger partial charge in [-0.2, -0.15) is 0 Å². The van der Waals surface area contributed by atoms with Crippen LogP contribution < -0.4 is 10.9 Å². The smallest absolute Gasteiger partial charge is 0.261 e. The summed E-state index contributed by atoms with van der Waals surface area (Å²) in [5, 5.41) is 3.30. The van der Waals surface area contributed by atoms with Gasteiger partial charge >= 0.3 is 0 Å². The van der Waals surface area contributed by atoms with Gasteiger partial charge in [-0.3, -0.25) is 19.1 Å². The topological polar surface area (TPSA) is 76.9 Å². The normalized spacial score (nSPS) is 10.6. The molecular formula is C17H16N4O2. The fourth-order valence-electron chi connectivity index (χ4n) is 2.31. The van der Waals surface area contributed by atoms with E-state index in [0.717, 1.165) is 5.69 Å². The third-order valence-corrected chi connectivity index (χ3v) is 3.47. The van der Waals surface area contributed by atoms with E-state index in [1.165, 1.54) is 10.9 Å². The summed E-state index contributed by atoms with van der Waals surface area (Å²) in [6, 6.07) is 12.7. The van der Waals surface area contributed by atoms with Gasteiger partial charge in [0.1, 0.15) is 6.54 Å². The maximum absolute atomic E-state index is 12.3. The zero-order chi connectivity index (χ0) is 16.1. The Hall–Kier alpha value is -3.02. The van der Waals surface area contributed by atoms with E-state index in [1.54, 1.807) is 24.4 Å². The second-order valence-electron chi connectivity index (χ2n) is 5.12. The minimum Gasteiger partial charge on any atom is -0.354 e. The van der Waals surface area contributed by atoms with Crippen LogP contribution in [0.3, 0.4) is 0 Å². The third-order valence-electron chi connectivity index (χ3n) is 3.47. The van der Waals surface area contributed by atoms with Crippen LogP contribution in [0.25, 0.3) is 10.9 Å². The van der Waals surface area contributed by atoms with Gasteiger partial charge in [0.05, 0.1) is 17.2 Å². The van der Waals surface area contributed by atoms with Gasteiger partial charge in [-0.25, -0.2) is 4.98 Å². The molecule has 1 amide bonds. The van der Waals surface area contributed by atoms with E-state index < -0.39 is 0 Å². The number of hydrogen-bond acceptors (Lipinski definition) is 4. The molecule has 3 aromatic rings. The van der Waals surface area contributed by atoms with E-state index in [0.29, 0.717) is 23.9 Å². The van der Waals surface area contributed by atoms with Crippen molar-refractivity contribution in [3.8, 4) is 0 Å². The van der Waals surface area contributed by atoms with Crippen molar-refractivity contribution in [2.45, 2.75) is 13.0 Å². The van der Waals surface area contributed by atoms with Gasteiger partial charge in [0.2, 0.25) is 5.91 Å². The number of fused-ring (bicyclic) bond motifs is 1. The molecule has 6 nitrogen and oxygen atoms in total. The summed E-state index contributed by atoms with van der Waals surface area (Å²) in [5.41, 5.74) is 1.33. The highest BCUT2D eigenvalue weighted by atomic mass is 16.2. The van der Waals surface area contributed by atoms with Gasteiger partial charge < -0.3 is 5.32 Å². The molecule has 0 saturated heterocycles. The first kappa shape index (κ1) is 14.9. The molecule has 6 heteroatoms. The lowest BCUT2D eigenvalue weighted by atomic mass is 10.2. The first-order valence-corrected chi connectivity index (χ1v) is 7.35. The SMILES string of the molecule is O=C(Cn1cnc2ccccc2c1=O)NCCc1ccccn1. The summed E-state index contributed by atoms with van der Waals surface area (Å²) >= 11 is 0. The molecule has 0 aliphatic carbocycles. The number of nitrogens with one attached hydrogen (secondary N) is 1. The molecule has 3 rings (SSSR count). The van der Waals surface area contributed by atoms with Gasteiger partial charge in [0, 0.05) is 24.9 Å². The second-order valence-corrected chi connectivity index (χ2v) is 5.12. The van der Waals surface area contributed by atoms with Crippen LogP contribution in [-0.2, 0) is 17.8 Å². The second kappa shape index (κ2) is 6.83. The van der Waals surface area contributed by atoms with E-state index in [9.17, 15) is 9.59 Å². The van der Waals surface area contributed by atoms with Gasteiger partial charge in [0.25, 0.3) is 5.56 Å². The first-order chi connectivity index (χ1) is 11.2. The minimum atomic E-state index is -0.222. The Morgan fingerprint density at radius 3 is 2.74 bits per heavy atom. The van der Waals surface area contributed by atoms with Gasteiger partial charge in [-0.1, -0.05) is 18.2 Å². The highest BCUT2D eigenvalue weighted by molar-refractivity contribution is 5.78. The Bertz CT molecular complexity index is 874.